The predicted octanol–water partition coefficient (Wildman–Crippen LogP) is 6.26. The van der Waals surface area contributed by atoms with Crippen LogP contribution in [0, 0.1) is 0 Å². The van der Waals surface area contributed by atoms with Gasteiger partial charge in [-0.25, -0.2) is 16.8 Å². The number of amides is 1. The number of carbonyl (C=O) groups excluding carboxylic acids is 1. The van der Waals surface area contributed by atoms with Crippen molar-refractivity contribution in [3.05, 3.63) is 81.3 Å². The molecule has 0 bridgehead atoms. The van der Waals surface area contributed by atoms with Crippen LogP contribution in [0.25, 0.3) is 0 Å². The smallest absolute Gasteiger partial charge is 0.261 e. The molecule has 1 heterocycles. The number of rotatable bonds is 7. The molecule has 13 heteroatoms. The predicted molar refractivity (Wildman–Crippen MR) is 150 cm³/mol. The van der Waals surface area contributed by atoms with Gasteiger partial charge in [0.2, 0.25) is 10.0 Å². The van der Waals surface area contributed by atoms with Gasteiger partial charge in [-0.3, -0.25) is 9.52 Å². The minimum atomic E-state index is -3.96. The third kappa shape index (κ3) is 6.80. The molecule has 3 aromatic carbocycles. The lowest BCUT2D eigenvalue weighted by atomic mass is 10.2. The van der Waals surface area contributed by atoms with Gasteiger partial charge in [-0.05, 0) is 73.5 Å². The zero-order chi connectivity index (χ0) is 27.5. The lowest BCUT2D eigenvalue weighted by Crippen LogP contribution is -2.32. The number of anilines is 2. The molecule has 1 aliphatic heterocycles. The number of nitrogens with zero attached hydrogens (tertiary/aromatic N) is 1. The minimum Gasteiger partial charge on any atom is -0.322 e. The molecule has 2 N–H and O–H groups in total. The molecule has 3 aromatic rings. The zero-order valence-electron chi connectivity index (χ0n) is 20.0. The van der Waals surface area contributed by atoms with Crippen LogP contribution in [0.4, 0.5) is 11.4 Å². The highest BCUT2D eigenvalue weighted by Gasteiger charge is 2.27. The van der Waals surface area contributed by atoms with E-state index in [4.69, 9.17) is 34.8 Å². The van der Waals surface area contributed by atoms with Crippen molar-refractivity contribution in [3.63, 3.8) is 0 Å². The molecule has 0 unspecified atom stereocenters. The maximum atomic E-state index is 13.2. The highest BCUT2D eigenvalue weighted by Crippen LogP contribution is 2.27. The average molecular weight is 617 g/mol. The Balaban J connectivity index is 1.50. The average Bonchev–Trinajstić information content (AvgIpc) is 3.14. The van der Waals surface area contributed by atoms with Crippen molar-refractivity contribution in [2.75, 3.05) is 23.1 Å². The molecule has 0 aliphatic carbocycles. The maximum Gasteiger partial charge on any atom is 0.261 e. The van der Waals surface area contributed by atoms with Gasteiger partial charge in [0.05, 0.1) is 26.1 Å². The Bertz CT molecular complexity index is 1540. The van der Waals surface area contributed by atoms with Crippen LogP contribution >= 0.6 is 34.8 Å². The Hall–Kier alpha value is -2.34. The number of nitrogens with one attached hydrogen (secondary N) is 2. The van der Waals surface area contributed by atoms with Gasteiger partial charge >= 0.3 is 0 Å². The second-order valence-corrected chi connectivity index (χ2v) is 13.6. The molecule has 1 aliphatic rings. The third-order valence-electron chi connectivity index (χ3n) is 5.92. The number of sulfonamides is 2. The van der Waals surface area contributed by atoms with Crippen molar-refractivity contribution >= 4 is 72.1 Å². The standard InChI is InChI=1S/C25H24Cl3N3O5S2/c26-17-13-18(27)15-20(14-17)30-37(33,34)21-7-5-19(6-8-21)29-25(32)23-16-22(9-10-24(23)28)38(35,36)31-11-3-1-2-4-12-31/h5-10,13-16,30H,1-4,11-12H2,(H,29,32). The summed E-state index contributed by atoms with van der Waals surface area (Å²) in [7, 11) is -7.74. The molecule has 0 spiro atoms. The van der Waals surface area contributed by atoms with Crippen molar-refractivity contribution in [3.8, 4) is 0 Å². The highest BCUT2D eigenvalue weighted by atomic mass is 35.5. The van der Waals surface area contributed by atoms with Crippen molar-refractivity contribution in [2.45, 2.75) is 35.5 Å². The molecule has 1 amide bonds. The van der Waals surface area contributed by atoms with Crippen molar-refractivity contribution < 1.29 is 21.6 Å². The number of hydrogen-bond acceptors (Lipinski definition) is 5. The van der Waals surface area contributed by atoms with Crippen LogP contribution in [-0.2, 0) is 20.0 Å². The first kappa shape index (κ1) is 28.7. The molecule has 0 radical (unpaired) electrons. The van der Waals surface area contributed by atoms with E-state index in [0.29, 0.717) is 13.1 Å². The van der Waals surface area contributed by atoms with Gasteiger partial charge in [0, 0.05) is 28.8 Å². The first-order valence-corrected chi connectivity index (χ1v) is 15.7. The zero-order valence-corrected chi connectivity index (χ0v) is 23.9. The molecule has 0 aromatic heterocycles. The quantitative estimate of drug-likeness (QED) is 0.325. The van der Waals surface area contributed by atoms with Crippen LogP contribution in [0.5, 0.6) is 0 Å². The van der Waals surface area contributed by atoms with Crippen LogP contribution in [0.3, 0.4) is 0 Å². The van der Waals surface area contributed by atoms with Gasteiger partial charge in [0.15, 0.2) is 0 Å². The summed E-state index contributed by atoms with van der Waals surface area (Å²) in [5, 5.41) is 3.26. The SMILES string of the molecule is O=C(Nc1ccc(S(=O)(=O)Nc2cc(Cl)cc(Cl)c2)cc1)c1cc(S(=O)(=O)N2CCCCCC2)ccc1Cl. The van der Waals surface area contributed by atoms with E-state index in [1.807, 2.05) is 0 Å². The highest BCUT2D eigenvalue weighted by molar-refractivity contribution is 7.92. The van der Waals surface area contributed by atoms with Crippen molar-refractivity contribution in [2.24, 2.45) is 0 Å². The molecule has 1 saturated heterocycles. The van der Waals surface area contributed by atoms with Gasteiger partial charge in [-0.2, -0.15) is 4.31 Å². The summed E-state index contributed by atoms with van der Waals surface area (Å²) in [5.41, 5.74) is 0.472. The Morgan fingerprint density at radius 1 is 0.711 bits per heavy atom. The van der Waals surface area contributed by atoms with E-state index in [9.17, 15) is 21.6 Å². The summed E-state index contributed by atoms with van der Waals surface area (Å²) in [6.07, 6.45) is 3.53. The lowest BCUT2D eigenvalue weighted by Gasteiger charge is -2.20. The normalized spacial score (nSPS) is 15.0. The van der Waals surface area contributed by atoms with Gasteiger partial charge in [0.1, 0.15) is 0 Å². The fraction of sp³-hybridized carbons (Fsp3) is 0.240. The van der Waals surface area contributed by atoms with E-state index in [1.54, 1.807) is 0 Å². The van der Waals surface area contributed by atoms with Crippen molar-refractivity contribution in [1.29, 1.82) is 0 Å². The Morgan fingerprint density at radius 2 is 1.29 bits per heavy atom. The van der Waals surface area contributed by atoms with Gasteiger partial charge in [-0.15, -0.1) is 0 Å². The van der Waals surface area contributed by atoms with E-state index in [0.717, 1.165) is 25.7 Å². The third-order valence-corrected chi connectivity index (χ3v) is 9.98. The van der Waals surface area contributed by atoms with Crippen LogP contribution in [0.15, 0.2) is 70.5 Å². The summed E-state index contributed by atoms with van der Waals surface area (Å²) < 4.78 is 55.6. The van der Waals surface area contributed by atoms with Gasteiger partial charge in [-0.1, -0.05) is 47.6 Å². The molecule has 1 fully saturated rings. The number of hydrogen-bond donors (Lipinski definition) is 2. The minimum absolute atomic E-state index is 0.0115. The Morgan fingerprint density at radius 3 is 1.89 bits per heavy atom. The number of carbonyl (C=O) groups is 1. The monoisotopic (exact) mass is 615 g/mol. The summed E-state index contributed by atoms with van der Waals surface area (Å²) in [6, 6.07) is 13.8. The van der Waals surface area contributed by atoms with Crippen LogP contribution in [-0.4, -0.2) is 40.1 Å². The molecular formula is C25H24Cl3N3O5S2. The Kier molecular flexibility index (Phi) is 8.91. The van der Waals surface area contributed by atoms with E-state index in [1.165, 1.54) is 65.0 Å². The van der Waals surface area contributed by atoms with E-state index in [-0.39, 0.29) is 41.8 Å². The number of benzene rings is 3. The van der Waals surface area contributed by atoms with Gasteiger partial charge < -0.3 is 5.32 Å². The largest absolute Gasteiger partial charge is 0.322 e. The summed E-state index contributed by atoms with van der Waals surface area (Å²) in [6.45, 7) is 0.863. The first-order valence-electron chi connectivity index (χ1n) is 11.7. The molecule has 38 heavy (non-hydrogen) atoms. The first-order chi connectivity index (χ1) is 18.0. The van der Waals surface area contributed by atoms with Gasteiger partial charge in [0.25, 0.3) is 15.9 Å². The van der Waals surface area contributed by atoms with Crippen LogP contribution < -0.4 is 10.0 Å². The molecule has 0 atom stereocenters. The summed E-state index contributed by atoms with van der Waals surface area (Å²) >= 11 is 18.1. The van der Waals surface area contributed by atoms with E-state index in [2.05, 4.69) is 10.0 Å². The van der Waals surface area contributed by atoms with E-state index >= 15 is 0 Å². The topological polar surface area (TPSA) is 113 Å². The second kappa shape index (κ2) is 11.8. The summed E-state index contributed by atoms with van der Waals surface area (Å²) in [5.74, 6) is -0.634. The Labute approximate surface area is 237 Å². The molecule has 0 saturated carbocycles. The summed E-state index contributed by atoms with van der Waals surface area (Å²) in [4.78, 5) is 12.9. The fourth-order valence-electron chi connectivity index (χ4n) is 4.01. The van der Waals surface area contributed by atoms with Crippen molar-refractivity contribution in [1.82, 2.24) is 4.31 Å². The lowest BCUT2D eigenvalue weighted by molar-refractivity contribution is 0.102. The van der Waals surface area contributed by atoms with Crippen LogP contribution in [0.1, 0.15) is 36.0 Å². The number of halogens is 3. The molecule has 202 valence electrons. The fourth-order valence-corrected chi connectivity index (χ4v) is 7.33. The maximum absolute atomic E-state index is 13.2. The van der Waals surface area contributed by atoms with E-state index < -0.39 is 26.0 Å². The molecule has 8 nitrogen and oxygen atoms in total. The molecular weight excluding hydrogens is 593 g/mol. The second-order valence-electron chi connectivity index (χ2n) is 8.70. The molecule has 4 rings (SSSR count). The van der Waals surface area contributed by atoms with Crippen LogP contribution in [0.2, 0.25) is 15.1 Å².